The highest BCUT2D eigenvalue weighted by atomic mass is 79.9. The number of benzene rings is 2. The average molecular weight is 423 g/mol. The van der Waals surface area contributed by atoms with E-state index in [0.29, 0.717) is 4.31 Å². The zero-order valence-electron chi connectivity index (χ0n) is 13.3. The van der Waals surface area contributed by atoms with E-state index in [9.17, 15) is 18.0 Å². The molecular weight excluding hydrogens is 408 g/mol. The summed E-state index contributed by atoms with van der Waals surface area (Å²) in [7, 11) is -3.98. The van der Waals surface area contributed by atoms with Gasteiger partial charge in [0.15, 0.2) is 0 Å². The molecular formula is C17H15BrN2O4S. The van der Waals surface area contributed by atoms with Gasteiger partial charge >= 0.3 is 0 Å². The van der Waals surface area contributed by atoms with Crippen LogP contribution in [0.5, 0.6) is 0 Å². The third kappa shape index (κ3) is 3.32. The molecule has 25 heavy (non-hydrogen) atoms. The number of fused-ring (bicyclic) bond motifs is 1. The summed E-state index contributed by atoms with van der Waals surface area (Å²) in [6.07, 6.45) is 0. The zero-order valence-corrected chi connectivity index (χ0v) is 15.7. The van der Waals surface area contributed by atoms with Crippen molar-refractivity contribution in [2.75, 3.05) is 6.54 Å². The van der Waals surface area contributed by atoms with Crippen LogP contribution in [0.1, 0.15) is 28.9 Å². The second kappa shape index (κ2) is 6.61. The van der Waals surface area contributed by atoms with E-state index in [1.165, 1.54) is 12.1 Å². The lowest BCUT2D eigenvalue weighted by atomic mass is 10.1. The smallest absolute Gasteiger partial charge is 0.269 e. The van der Waals surface area contributed by atoms with E-state index in [4.69, 9.17) is 0 Å². The molecule has 0 bridgehead atoms. The molecule has 2 aromatic carbocycles. The highest BCUT2D eigenvalue weighted by Crippen LogP contribution is 2.29. The molecule has 8 heteroatoms. The van der Waals surface area contributed by atoms with Gasteiger partial charge in [-0.1, -0.05) is 40.2 Å². The summed E-state index contributed by atoms with van der Waals surface area (Å²) in [5, 5.41) is 2.72. The Labute approximate surface area is 154 Å². The Kier molecular flexibility index (Phi) is 4.66. The molecule has 2 amide bonds. The molecule has 0 fully saturated rings. The van der Waals surface area contributed by atoms with Gasteiger partial charge in [0.1, 0.15) is 11.4 Å². The van der Waals surface area contributed by atoms with Gasteiger partial charge < -0.3 is 5.32 Å². The lowest BCUT2D eigenvalue weighted by Crippen LogP contribution is -2.41. The SMILES string of the molecule is CC(NC(=O)CN1C(=O)c2ccccc2S1(=O)=O)c1ccc(Br)cc1. The number of rotatable bonds is 4. The number of halogens is 1. The van der Waals surface area contributed by atoms with E-state index in [2.05, 4.69) is 21.2 Å². The van der Waals surface area contributed by atoms with Crippen LogP contribution in [0.3, 0.4) is 0 Å². The molecule has 130 valence electrons. The largest absolute Gasteiger partial charge is 0.348 e. The zero-order chi connectivity index (χ0) is 18.2. The third-order valence-corrected chi connectivity index (χ3v) is 6.26. The summed E-state index contributed by atoms with van der Waals surface area (Å²) in [6, 6.07) is 13.0. The maximum absolute atomic E-state index is 12.4. The van der Waals surface area contributed by atoms with Gasteiger partial charge in [0.2, 0.25) is 5.91 Å². The van der Waals surface area contributed by atoms with E-state index >= 15 is 0 Å². The molecule has 0 aliphatic carbocycles. The van der Waals surface area contributed by atoms with Gasteiger partial charge in [-0.3, -0.25) is 9.59 Å². The molecule has 6 nitrogen and oxygen atoms in total. The second-order valence-corrected chi connectivity index (χ2v) is 8.40. The van der Waals surface area contributed by atoms with Crippen LogP contribution in [0, 0.1) is 0 Å². The molecule has 0 radical (unpaired) electrons. The molecule has 3 rings (SSSR count). The maximum Gasteiger partial charge on any atom is 0.269 e. The second-order valence-electron chi connectivity index (χ2n) is 5.65. The number of hydrogen-bond acceptors (Lipinski definition) is 4. The topological polar surface area (TPSA) is 83.6 Å². The fraction of sp³-hybridized carbons (Fsp3) is 0.176. The highest BCUT2D eigenvalue weighted by molar-refractivity contribution is 9.10. The van der Waals surface area contributed by atoms with E-state index < -0.39 is 28.4 Å². The number of carbonyl (C=O) groups is 2. The molecule has 0 spiro atoms. The predicted molar refractivity (Wildman–Crippen MR) is 95.4 cm³/mol. The van der Waals surface area contributed by atoms with Gasteiger partial charge in [0.05, 0.1) is 11.6 Å². The summed E-state index contributed by atoms with van der Waals surface area (Å²) in [5.74, 6) is -1.22. The number of sulfonamides is 1. The van der Waals surface area contributed by atoms with Crippen molar-refractivity contribution in [3.8, 4) is 0 Å². The average Bonchev–Trinajstić information content (AvgIpc) is 2.77. The van der Waals surface area contributed by atoms with Gasteiger partial charge in [0, 0.05) is 4.47 Å². The van der Waals surface area contributed by atoms with Gasteiger partial charge in [-0.2, -0.15) is 0 Å². The molecule has 1 aliphatic rings. The number of nitrogens with one attached hydrogen (secondary N) is 1. The highest BCUT2D eigenvalue weighted by Gasteiger charge is 2.41. The van der Waals surface area contributed by atoms with Crippen molar-refractivity contribution >= 4 is 37.8 Å². The molecule has 1 atom stereocenters. The molecule has 0 aromatic heterocycles. The first-order valence-corrected chi connectivity index (χ1v) is 9.75. The van der Waals surface area contributed by atoms with Gasteiger partial charge in [-0.25, -0.2) is 12.7 Å². The molecule has 1 unspecified atom stereocenters. The first kappa shape index (κ1) is 17.6. The Morgan fingerprint density at radius 1 is 1.16 bits per heavy atom. The minimum absolute atomic E-state index is 0.0613. The minimum atomic E-state index is -3.98. The number of amides is 2. The van der Waals surface area contributed by atoms with Crippen molar-refractivity contribution in [1.82, 2.24) is 9.62 Å². The fourth-order valence-corrected chi connectivity index (χ4v) is 4.43. The van der Waals surface area contributed by atoms with Crippen LogP contribution in [0.15, 0.2) is 57.9 Å². The van der Waals surface area contributed by atoms with Crippen molar-refractivity contribution < 1.29 is 18.0 Å². The Morgan fingerprint density at radius 2 is 1.80 bits per heavy atom. The Morgan fingerprint density at radius 3 is 2.44 bits per heavy atom. The van der Waals surface area contributed by atoms with Crippen molar-refractivity contribution in [1.29, 1.82) is 0 Å². The molecule has 2 aromatic rings. The third-order valence-electron chi connectivity index (χ3n) is 3.95. The first-order valence-electron chi connectivity index (χ1n) is 7.51. The summed E-state index contributed by atoms with van der Waals surface area (Å²) in [5.41, 5.74) is 0.965. The minimum Gasteiger partial charge on any atom is -0.348 e. The van der Waals surface area contributed by atoms with Crippen LogP contribution in [0.4, 0.5) is 0 Å². The van der Waals surface area contributed by atoms with Gasteiger partial charge in [-0.05, 0) is 36.8 Å². The van der Waals surface area contributed by atoms with Crippen LogP contribution in [-0.2, 0) is 14.8 Å². The molecule has 1 heterocycles. The molecule has 1 aliphatic heterocycles. The molecule has 1 N–H and O–H groups in total. The monoisotopic (exact) mass is 422 g/mol. The van der Waals surface area contributed by atoms with Crippen LogP contribution in [0.2, 0.25) is 0 Å². The lowest BCUT2D eigenvalue weighted by molar-refractivity contribution is -0.121. The predicted octanol–water partition coefficient (Wildman–Crippen LogP) is 2.47. The quantitative estimate of drug-likeness (QED) is 0.819. The van der Waals surface area contributed by atoms with Gasteiger partial charge in [0.25, 0.3) is 15.9 Å². The van der Waals surface area contributed by atoms with E-state index in [1.54, 1.807) is 19.1 Å². The standard InChI is InChI=1S/C17H15BrN2O4S/c1-11(12-6-8-13(18)9-7-12)19-16(21)10-20-17(22)14-4-2-3-5-15(14)25(20,23)24/h2-9,11H,10H2,1H3,(H,19,21). The fourth-order valence-electron chi connectivity index (χ4n) is 2.64. The van der Waals surface area contributed by atoms with Crippen molar-refractivity contribution in [3.05, 3.63) is 64.1 Å². The normalized spacial score (nSPS) is 16.4. The molecule has 0 saturated heterocycles. The van der Waals surface area contributed by atoms with Crippen LogP contribution in [0.25, 0.3) is 0 Å². The van der Waals surface area contributed by atoms with Gasteiger partial charge in [-0.15, -0.1) is 0 Å². The molecule has 0 saturated carbocycles. The van der Waals surface area contributed by atoms with E-state index in [-0.39, 0.29) is 16.5 Å². The van der Waals surface area contributed by atoms with Crippen molar-refractivity contribution in [2.24, 2.45) is 0 Å². The lowest BCUT2D eigenvalue weighted by Gasteiger charge is -2.18. The maximum atomic E-state index is 12.4. The number of hydrogen-bond donors (Lipinski definition) is 1. The Balaban J connectivity index is 1.73. The summed E-state index contributed by atoms with van der Waals surface area (Å²) >= 11 is 3.34. The number of carbonyl (C=O) groups excluding carboxylic acids is 2. The van der Waals surface area contributed by atoms with E-state index in [0.717, 1.165) is 10.0 Å². The van der Waals surface area contributed by atoms with Crippen molar-refractivity contribution in [3.63, 3.8) is 0 Å². The van der Waals surface area contributed by atoms with E-state index in [1.807, 2.05) is 24.3 Å². The Bertz CT molecular complexity index is 941. The van der Waals surface area contributed by atoms with Crippen LogP contribution in [-0.4, -0.2) is 31.1 Å². The van der Waals surface area contributed by atoms with Crippen LogP contribution >= 0.6 is 15.9 Å². The summed E-state index contributed by atoms with van der Waals surface area (Å²) in [4.78, 5) is 24.5. The summed E-state index contributed by atoms with van der Waals surface area (Å²) < 4.78 is 26.4. The van der Waals surface area contributed by atoms with Crippen LogP contribution < -0.4 is 5.32 Å². The summed E-state index contributed by atoms with van der Waals surface area (Å²) in [6.45, 7) is 1.24. The number of nitrogens with zero attached hydrogens (tertiary/aromatic N) is 1. The first-order chi connectivity index (χ1) is 11.8. The Hall–Kier alpha value is -2.19. The van der Waals surface area contributed by atoms with Crippen molar-refractivity contribution in [2.45, 2.75) is 17.9 Å².